The highest BCUT2D eigenvalue weighted by Gasteiger charge is 2.18. The number of hydrogen-bond acceptors (Lipinski definition) is 2. The summed E-state index contributed by atoms with van der Waals surface area (Å²) in [5.41, 5.74) is 3.77. The van der Waals surface area contributed by atoms with E-state index >= 15 is 0 Å². The first kappa shape index (κ1) is 13.6. The van der Waals surface area contributed by atoms with Crippen molar-refractivity contribution in [1.29, 1.82) is 0 Å². The standard InChI is InChI=1S/C16H25NO/c1-12-8-13(2)10-14(9-12)16(11-18)17-15-6-4-3-5-7-15/h8-10,15-18H,3-7,11H2,1-2H3. The lowest BCUT2D eigenvalue weighted by Crippen LogP contribution is -2.36. The molecule has 2 nitrogen and oxygen atoms in total. The van der Waals surface area contributed by atoms with Crippen molar-refractivity contribution >= 4 is 0 Å². The molecule has 1 atom stereocenters. The molecule has 1 fully saturated rings. The summed E-state index contributed by atoms with van der Waals surface area (Å²) in [6, 6.07) is 7.22. The Morgan fingerprint density at radius 1 is 1.11 bits per heavy atom. The van der Waals surface area contributed by atoms with E-state index in [2.05, 4.69) is 37.4 Å². The third kappa shape index (κ3) is 3.56. The van der Waals surface area contributed by atoms with E-state index in [4.69, 9.17) is 0 Å². The number of rotatable bonds is 4. The topological polar surface area (TPSA) is 32.3 Å². The van der Waals surface area contributed by atoms with E-state index in [1.54, 1.807) is 0 Å². The molecule has 1 aliphatic rings. The minimum atomic E-state index is 0.0895. The van der Waals surface area contributed by atoms with Gasteiger partial charge in [0.1, 0.15) is 0 Å². The summed E-state index contributed by atoms with van der Waals surface area (Å²) in [7, 11) is 0. The van der Waals surface area contributed by atoms with Gasteiger partial charge in [-0.1, -0.05) is 48.6 Å². The van der Waals surface area contributed by atoms with Crippen molar-refractivity contribution in [2.24, 2.45) is 0 Å². The Labute approximate surface area is 110 Å². The molecule has 0 spiro atoms. The summed E-state index contributed by atoms with van der Waals surface area (Å²) >= 11 is 0. The van der Waals surface area contributed by atoms with Crippen molar-refractivity contribution in [3.8, 4) is 0 Å². The Morgan fingerprint density at radius 2 is 1.72 bits per heavy atom. The van der Waals surface area contributed by atoms with E-state index in [1.807, 2.05) is 0 Å². The van der Waals surface area contributed by atoms with Crippen molar-refractivity contribution in [2.75, 3.05) is 6.61 Å². The van der Waals surface area contributed by atoms with Gasteiger partial charge in [0.25, 0.3) is 0 Å². The predicted octanol–water partition coefficient (Wildman–Crippen LogP) is 3.26. The van der Waals surface area contributed by atoms with Crippen LogP contribution in [0.15, 0.2) is 18.2 Å². The molecule has 0 saturated heterocycles. The van der Waals surface area contributed by atoms with E-state index in [0.717, 1.165) is 0 Å². The Kier molecular flexibility index (Phi) is 4.79. The molecule has 1 aromatic rings. The molecule has 18 heavy (non-hydrogen) atoms. The van der Waals surface area contributed by atoms with Gasteiger partial charge >= 0.3 is 0 Å². The number of nitrogens with one attached hydrogen (secondary N) is 1. The average molecular weight is 247 g/mol. The van der Waals surface area contributed by atoms with Gasteiger partial charge in [-0.2, -0.15) is 0 Å². The Bertz CT molecular complexity index is 362. The van der Waals surface area contributed by atoms with E-state index in [1.165, 1.54) is 48.8 Å². The monoisotopic (exact) mass is 247 g/mol. The van der Waals surface area contributed by atoms with Gasteiger partial charge in [0.15, 0.2) is 0 Å². The minimum Gasteiger partial charge on any atom is -0.394 e. The van der Waals surface area contributed by atoms with E-state index in [9.17, 15) is 5.11 Å². The van der Waals surface area contributed by atoms with Crippen molar-refractivity contribution in [3.05, 3.63) is 34.9 Å². The molecule has 1 unspecified atom stereocenters. The highest BCUT2D eigenvalue weighted by Crippen LogP contribution is 2.22. The molecule has 2 rings (SSSR count). The molecule has 0 amide bonds. The summed E-state index contributed by atoms with van der Waals surface area (Å²) in [6.45, 7) is 4.41. The molecule has 0 aliphatic heterocycles. The van der Waals surface area contributed by atoms with Gasteiger partial charge in [-0.25, -0.2) is 0 Å². The van der Waals surface area contributed by atoms with Crippen molar-refractivity contribution in [1.82, 2.24) is 5.32 Å². The second-order valence-electron chi connectivity index (χ2n) is 5.66. The normalized spacial score (nSPS) is 18.8. The van der Waals surface area contributed by atoms with Crippen LogP contribution < -0.4 is 5.32 Å². The Morgan fingerprint density at radius 3 is 2.28 bits per heavy atom. The molecular weight excluding hydrogens is 222 g/mol. The van der Waals surface area contributed by atoms with E-state index < -0.39 is 0 Å². The zero-order chi connectivity index (χ0) is 13.0. The third-order valence-electron chi connectivity index (χ3n) is 3.87. The molecule has 0 heterocycles. The van der Waals surface area contributed by atoms with Crippen LogP contribution in [0.5, 0.6) is 0 Å². The van der Waals surface area contributed by atoms with Crippen LogP contribution in [0.3, 0.4) is 0 Å². The van der Waals surface area contributed by atoms with Crippen molar-refractivity contribution in [3.63, 3.8) is 0 Å². The van der Waals surface area contributed by atoms with E-state index in [-0.39, 0.29) is 12.6 Å². The molecule has 1 saturated carbocycles. The summed E-state index contributed by atoms with van der Waals surface area (Å²) in [5.74, 6) is 0. The van der Waals surface area contributed by atoms with Crippen molar-refractivity contribution < 1.29 is 5.11 Å². The summed E-state index contributed by atoms with van der Waals surface area (Å²) in [4.78, 5) is 0. The second kappa shape index (κ2) is 6.35. The van der Waals surface area contributed by atoms with Crippen LogP contribution in [-0.2, 0) is 0 Å². The predicted molar refractivity (Wildman–Crippen MR) is 75.8 cm³/mol. The SMILES string of the molecule is Cc1cc(C)cc(C(CO)NC2CCCCC2)c1. The smallest absolute Gasteiger partial charge is 0.0626 e. The molecule has 2 N–H and O–H groups in total. The number of benzene rings is 1. The van der Waals surface area contributed by atoms with Crippen LogP contribution in [0.4, 0.5) is 0 Å². The molecule has 1 aromatic carbocycles. The second-order valence-corrected chi connectivity index (χ2v) is 5.66. The maximum atomic E-state index is 9.63. The largest absolute Gasteiger partial charge is 0.394 e. The zero-order valence-corrected chi connectivity index (χ0v) is 11.6. The van der Waals surface area contributed by atoms with Crippen LogP contribution in [0.25, 0.3) is 0 Å². The number of hydrogen-bond donors (Lipinski definition) is 2. The molecule has 100 valence electrons. The maximum Gasteiger partial charge on any atom is 0.0626 e. The first-order valence-corrected chi connectivity index (χ1v) is 7.14. The fraction of sp³-hybridized carbons (Fsp3) is 0.625. The van der Waals surface area contributed by atoms with Gasteiger partial charge in [0.05, 0.1) is 12.6 Å². The van der Waals surface area contributed by atoms with E-state index in [0.29, 0.717) is 6.04 Å². The van der Waals surface area contributed by atoms with Crippen LogP contribution in [0.2, 0.25) is 0 Å². The molecule has 0 radical (unpaired) electrons. The van der Waals surface area contributed by atoms with Crippen LogP contribution in [-0.4, -0.2) is 17.8 Å². The molecular formula is C16H25NO. The summed E-state index contributed by atoms with van der Waals surface area (Å²) in [6.07, 6.45) is 6.51. The minimum absolute atomic E-state index is 0.0895. The number of aliphatic hydroxyl groups is 1. The first-order chi connectivity index (χ1) is 8.69. The lowest BCUT2D eigenvalue weighted by molar-refractivity contribution is 0.220. The Balaban J connectivity index is 2.06. The molecule has 0 aromatic heterocycles. The number of aliphatic hydroxyl groups excluding tert-OH is 1. The molecule has 2 heteroatoms. The summed E-state index contributed by atoms with van der Waals surface area (Å²) < 4.78 is 0. The van der Waals surface area contributed by atoms with Gasteiger partial charge in [0, 0.05) is 6.04 Å². The Hall–Kier alpha value is -0.860. The lowest BCUT2D eigenvalue weighted by Gasteiger charge is -2.28. The van der Waals surface area contributed by atoms with Gasteiger partial charge in [-0.3, -0.25) is 0 Å². The highest BCUT2D eigenvalue weighted by molar-refractivity contribution is 5.30. The van der Waals surface area contributed by atoms with Crippen LogP contribution >= 0.6 is 0 Å². The quantitative estimate of drug-likeness (QED) is 0.856. The average Bonchev–Trinajstić information content (AvgIpc) is 2.36. The third-order valence-corrected chi connectivity index (χ3v) is 3.87. The fourth-order valence-electron chi connectivity index (χ4n) is 3.02. The van der Waals surface area contributed by atoms with Gasteiger partial charge in [-0.05, 0) is 32.3 Å². The van der Waals surface area contributed by atoms with Crippen LogP contribution in [0.1, 0.15) is 54.8 Å². The zero-order valence-electron chi connectivity index (χ0n) is 11.6. The fourth-order valence-corrected chi connectivity index (χ4v) is 3.02. The highest BCUT2D eigenvalue weighted by atomic mass is 16.3. The lowest BCUT2D eigenvalue weighted by atomic mass is 9.93. The first-order valence-electron chi connectivity index (χ1n) is 7.14. The van der Waals surface area contributed by atoms with Gasteiger partial charge in [0.2, 0.25) is 0 Å². The molecule has 0 bridgehead atoms. The van der Waals surface area contributed by atoms with Gasteiger partial charge < -0.3 is 10.4 Å². The van der Waals surface area contributed by atoms with Gasteiger partial charge in [-0.15, -0.1) is 0 Å². The van der Waals surface area contributed by atoms with Crippen LogP contribution in [0, 0.1) is 13.8 Å². The summed E-state index contributed by atoms with van der Waals surface area (Å²) in [5, 5.41) is 13.3. The number of aryl methyl sites for hydroxylation is 2. The maximum absolute atomic E-state index is 9.63. The van der Waals surface area contributed by atoms with Crippen molar-refractivity contribution in [2.45, 2.75) is 58.0 Å². The molecule has 1 aliphatic carbocycles.